The normalized spacial score (nSPS) is 22.0. The Morgan fingerprint density at radius 2 is 2.25 bits per heavy atom. The zero-order valence-corrected chi connectivity index (χ0v) is 10.6. The Hall–Kier alpha value is -1.73. The molecule has 1 heterocycles. The van der Waals surface area contributed by atoms with Gasteiger partial charge in [-0.1, -0.05) is 12.1 Å². The second-order valence-corrected chi connectivity index (χ2v) is 4.58. The predicted molar refractivity (Wildman–Crippen MR) is 65.8 cm³/mol. The van der Waals surface area contributed by atoms with Crippen molar-refractivity contribution in [1.29, 1.82) is 0 Å². The quantitative estimate of drug-likeness (QED) is 0.853. The van der Waals surface area contributed by atoms with E-state index >= 15 is 0 Å². The van der Waals surface area contributed by atoms with E-state index in [0.29, 0.717) is 13.0 Å². The monoisotopic (exact) mass is 287 g/mol. The van der Waals surface area contributed by atoms with E-state index in [1.165, 1.54) is 18.2 Å². The molecular formula is C13H15F2NO4. The lowest BCUT2D eigenvalue weighted by Gasteiger charge is -2.21. The van der Waals surface area contributed by atoms with Crippen LogP contribution in [-0.4, -0.2) is 43.0 Å². The third-order valence-corrected chi connectivity index (χ3v) is 3.01. The molecule has 1 amide bonds. The average Bonchev–Trinajstić information content (AvgIpc) is 2.83. The third kappa shape index (κ3) is 3.64. The Labute approximate surface area is 114 Å². The number of para-hydroxylation sites is 1. The van der Waals surface area contributed by atoms with Gasteiger partial charge >= 0.3 is 6.61 Å². The van der Waals surface area contributed by atoms with E-state index in [-0.39, 0.29) is 24.5 Å². The highest BCUT2D eigenvalue weighted by atomic mass is 19.3. The van der Waals surface area contributed by atoms with Gasteiger partial charge < -0.3 is 19.9 Å². The molecule has 0 spiro atoms. The van der Waals surface area contributed by atoms with Crippen LogP contribution in [0, 0.1) is 0 Å². The van der Waals surface area contributed by atoms with Crippen molar-refractivity contribution in [2.24, 2.45) is 0 Å². The van der Waals surface area contributed by atoms with Gasteiger partial charge in [-0.3, -0.25) is 4.79 Å². The van der Waals surface area contributed by atoms with Gasteiger partial charge in [-0.2, -0.15) is 8.78 Å². The van der Waals surface area contributed by atoms with Crippen molar-refractivity contribution in [1.82, 2.24) is 5.32 Å². The summed E-state index contributed by atoms with van der Waals surface area (Å²) in [5.41, 5.74) is -1.11. The lowest BCUT2D eigenvalue weighted by atomic mass is 10.0. The molecule has 2 N–H and O–H groups in total. The average molecular weight is 287 g/mol. The van der Waals surface area contributed by atoms with Crippen LogP contribution >= 0.6 is 0 Å². The molecule has 5 nitrogen and oxygen atoms in total. The van der Waals surface area contributed by atoms with E-state index in [4.69, 9.17) is 4.74 Å². The summed E-state index contributed by atoms with van der Waals surface area (Å²) >= 11 is 0. The van der Waals surface area contributed by atoms with Gasteiger partial charge in [0.2, 0.25) is 0 Å². The van der Waals surface area contributed by atoms with E-state index in [1.807, 2.05) is 0 Å². The number of carbonyl (C=O) groups is 1. The largest absolute Gasteiger partial charge is 0.434 e. The first-order valence-electron chi connectivity index (χ1n) is 6.12. The van der Waals surface area contributed by atoms with E-state index in [2.05, 4.69) is 10.1 Å². The Morgan fingerprint density at radius 3 is 2.90 bits per heavy atom. The number of hydrogen-bond acceptors (Lipinski definition) is 4. The molecule has 110 valence electrons. The Kier molecular flexibility index (Phi) is 4.51. The molecule has 1 aromatic rings. The van der Waals surface area contributed by atoms with Gasteiger partial charge in [0.25, 0.3) is 5.91 Å². The molecule has 1 unspecified atom stereocenters. The highest BCUT2D eigenvalue weighted by Crippen LogP contribution is 2.21. The Bertz CT molecular complexity index is 475. The number of nitrogens with one attached hydrogen (secondary N) is 1. The molecular weight excluding hydrogens is 272 g/mol. The van der Waals surface area contributed by atoms with Gasteiger partial charge in [-0.15, -0.1) is 0 Å². The van der Waals surface area contributed by atoms with Crippen molar-refractivity contribution in [2.75, 3.05) is 19.8 Å². The van der Waals surface area contributed by atoms with Gasteiger partial charge in [0, 0.05) is 19.6 Å². The Balaban J connectivity index is 2.01. The van der Waals surface area contributed by atoms with Crippen LogP contribution < -0.4 is 10.1 Å². The lowest BCUT2D eigenvalue weighted by Crippen LogP contribution is -2.43. The minimum absolute atomic E-state index is 0.00434. The number of aliphatic hydroxyl groups is 1. The zero-order valence-electron chi connectivity index (χ0n) is 10.6. The summed E-state index contributed by atoms with van der Waals surface area (Å²) in [5.74, 6) is -0.781. The fourth-order valence-electron chi connectivity index (χ4n) is 1.93. The molecule has 0 aliphatic carbocycles. The van der Waals surface area contributed by atoms with Gasteiger partial charge in [0.1, 0.15) is 11.4 Å². The second-order valence-electron chi connectivity index (χ2n) is 4.58. The van der Waals surface area contributed by atoms with Crippen LogP contribution in [-0.2, 0) is 4.74 Å². The number of alkyl halides is 2. The number of halogens is 2. The minimum Gasteiger partial charge on any atom is -0.434 e. The van der Waals surface area contributed by atoms with E-state index < -0.39 is 18.1 Å². The summed E-state index contributed by atoms with van der Waals surface area (Å²) < 4.78 is 33.8. The smallest absolute Gasteiger partial charge is 0.387 e. The second kappa shape index (κ2) is 6.15. The fourth-order valence-corrected chi connectivity index (χ4v) is 1.93. The first-order chi connectivity index (χ1) is 9.50. The van der Waals surface area contributed by atoms with E-state index in [9.17, 15) is 18.7 Å². The van der Waals surface area contributed by atoms with Gasteiger partial charge in [-0.05, 0) is 12.1 Å². The molecule has 0 bridgehead atoms. The Morgan fingerprint density at radius 1 is 1.50 bits per heavy atom. The number of ether oxygens (including phenoxy) is 2. The SMILES string of the molecule is O=C(NCC1(O)CCOC1)c1ccccc1OC(F)F. The molecule has 1 aliphatic heterocycles. The maximum atomic E-state index is 12.2. The highest BCUT2D eigenvalue weighted by Gasteiger charge is 2.32. The highest BCUT2D eigenvalue weighted by molar-refractivity contribution is 5.96. The summed E-state index contributed by atoms with van der Waals surface area (Å²) in [4.78, 5) is 12.0. The van der Waals surface area contributed by atoms with Gasteiger partial charge in [0.05, 0.1) is 12.2 Å². The molecule has 0 saturated carbocycles. The van der Waals surface area contributed by atoms with Crippen LogP contribution in [0.4, 0.5) is 8.78 Å². The van der Waals surface area contributed by atoms with Crippen molar-refractivity contribution in [3.8, 4) is 5.75 Å². The molecule has 1 saturated heterocycles. The van der Waals surface area contributed by atoms with Crippen molar-refractivity contribution >= 4 is 5.91 Å². The van der Waals surface area contributed by atoms with Crippen molar-refractivity contribution in [3.63, 3.8) is 0 Å². The number of benzene rings is 1. The molecule has 1 aliphatic rings. The summed E-state index contributed by atoms with van der Waals surface area (Å²) in [6, 6.07) is 5.70. The maximum absolute atomic E-state index is 12.2. The van der Waals surface area contributed by atoms with Crippen LogP contribution in [0.1, 0.15) is 16.8 Å². The molecule has 1 aromatic carbocycles. The first-order valence-corrected chi connectivity index (χ1v) is 6.12. The topological polar surface area (TPSA) is 67.8 Å². The molecule has 20 heavy (non-hydrogen) atoms. The number of hydrogen-bond donors (Lipinski definition) is 2. The summed E-state index contributed by atoms with van der Waals surface area (Å²) in [7, 11) is 0. The molecule has 1 atom stereocenters. The van der Waals surface area contributed by atoms with Gasteiger partial charge in [0.15, 0.2) is 0 Å². The van der Waals surface area contributed by atoms with E-state index in [0.717, 1.165) is 0 Å². The number of amides is 1. The molecule has 1 fully saturated rings. The van der Waals surface area contributed by atoms with E-state index in [1.54, 1.807) is 6.07 Å². The van der Waals surface area contributed by atoms with Crippen LogP contribution in [0.15, 0.2) is 24.3 Å². The van der Waals surface area contributed by atoms with Crippen LogP contribution in [0.5, 0.6) is 5.75 Å². The molecule has 7 heteroatoms. The predicted octanol–water partition coefficient (Wildman–Crippen LogP) is 1.17. The fraction of sp³-hybridized carbons (Fsp3) is 0.462. The lowest BCUT2D eigenvalue weighted by molar-refractivity contribution is -0.0502. The summed E-state index contributed by atoms with van der Waals surface area (Å²) in [6.45, 7) is -2.44. The maximum Gasteiger partial charge on any atom is 0.387 e. The first kappa shape index (κ1) is 14.7. The molecule has 0 radical (unpaired) electrons. The third-order valence-electron chi connectivity index (χ3n) is 3.01. The van der Waals surface area contributed by atoms with Crippen molar-refractivity contribution < 1.29 is 28.2 Å². The van der Waals surface area contributed by atoms with Crippen LogP contribution in [0.3, 0.4) is 0 Å². The van der Waals surface area contributed by atoms with Crippen molar-refractivity contribution in [2.45, 2.75) is 18.6 Å². The summed E-state index contributed by atoms with van der Waals surface area (Å²) in [6.07, 6.45) is 0.419. The number of carbonyl (C=O) groups excluding carboxylic acids is 1. The standard InChI is InChI=1S/C13H15F2NO4/c14-12(15)20-10-4-2-1-3-9(10)11(17)16-7-13(18)5-6-19-8-13/h1-4,12,18H,5-8H2,(H,16,17). The van der Waals surface area contributed by atoms with Crippen molar-refractivity contribution in [3.05, 3.63) is 29.8 Å². The minimum atomic E-state index is -3.00. The van der Waals surface area contributed by atoms with Gasteiger partial charge in [-0.25, -0.2) is 0 Å². The number of rotatable bonds is 5. The van der Waals surface area contributed by atoms with Crippen LogP contribution in [0.25, 0.3) is 0 Å². The molecule has 0 aromatic heterocycles. The van der Waals surface area contributed by atoms with Crippen LogP contribution in [0.2, 0.25) is 0 Å². The zero-order chi connectivity index (χ0) is 14.6. The summed E-state index contributed by atoms with van der Waals surface area (Å²) in [5, 5.41) is 12.5. The molecule has 2 rings (SSSR count).